The molecule has 0 unspecified atom stereocenters. The smallest absolute Gasteiger partial charge is 0.278 e. The number of rotatable bonds is 6. The van der Waals surface area contributed by atoms with Gasteiger partial charge in [0.15, 0.2) is 11.5 Å². The molecule has 166 valence electrons. The summed E-state index contributed by atoms with van der Waals surface area (Å²) in [5.41, 5.74) is 3.69. The Morgan fingerprint density at radius 2 is 1.64 bits per heavy atom. The van der Waals surface area contributed by atoms with E-state index < -0.39 is 5.91 Å². The van der Waals surface area contributed by atoms with E-state index in [1.165, 1.54) is 17.0 Å². The normalized spacial score (nSPS) is 14.9. The van der Waals surface area contributed by atoms with Crippen molar-refractivity contribution in [3.05, 3.63) is 94.9 Å². The molecule has 1 N–H and O–H groups in total. The Labute approximate surface area is 190 Å². The summed E-state index contributed by atoms with van der Waals surface area (Å²) in [5.74, 6) is 0.0978. The highest BCUT2D eigenvalue weighted by molar-refractivity contribution is 6.36. The number of halogens is 1. The van der Waals surface area contributed by atoms with E-state index in [0.29, 0.717) is 34.7 Å². The number of hydrogen-bond acceptors (Lipinski definition) is 5. The maximum absolute atomic E-state index is 13.4. The van der Waals surface area contributed by atoms with Crippen LogP contribution in [-0.2, 0) is 16.0 Å². The minimum Gasteiger partial charge on any atom is -0.454 e. The maximum atomic E-state index is 13.4. The lowest BCUT2D eigenvalue weighted by atomic mass is 10.0. The molecule has 3 aromatic rings. The Morgan fingerprint density at radius 1 is 0.909 bits per heavy atom. The molecule has 3 aromatic carbocycles. The fourth-order valence-electron chi connectivity index (χ4n) is 3.89. The van der Waals surface area contributed by atoms with Gasteiger partial charge in [0.1, 0.15) is 11.5 Å². The van der Waals surface area contributed by atoms with Crippen LogP contribution in [0.2, 0.25) is 0 Å². The van der Waals surface area contributed by atoms with Crippen LogP contribution in [0.25, 0.3) is 5.57 Å². The molecule has 0 saturated carbocycles. The molecule has 7 heteroatoms. The predicted octanol–water partition coefficient (Wildman–Crippen LogP) is 4.30. The fraction of sp³-hybridized carbons (Fsp3) is 0.154. The Hall–Kier alpha value is -4.13. The van der Waals surface area contributed by atoms with Crippen LogP contribution in [0.5, 0.6) is 11.5 Å². The van der Waals surface area contributed by atoms with Gasteiger partial charge in [-0.25, -0.2) is 4.39 Å². The third kappa shape index (κ3) is 4.05. The highest BCUT2D eigenvalue weighted by atomic mass is 19.1. The molecule has 2 amide bonds. The molecule has 0 radical (unpaired) electrons. The molecule has 6 nitrogen and oxygen atoms in total. The van der Waals surface area contributed by atoms with E-state index in [1.807, 2.05) is 31.2 Å². The number of anilines is 1. The number of ether oxygens (including phenoxy) is 2. The van der Waals surface area contributed by atoms with Crippen molar-refractivity contribution in [2.75, 3.05) is 18.7 Å². The lowest BCUT2D eigenvalue weighted by Crippen LogP contribution is -2.34. The molecule has 0 aromatic heterocycles. The SMILES string of the molecule is Cc1ccc(C2=C(Nc3ccc4c(c3)OCO4)C(=O)N(CCc3ccc(F)cc3)C2=O)cc1. The summed E-state index contributed by atoms with van der Waals surface area (Å²) in [7, 11) is 0. The number of nitrogens with zero attached hydrogens (tertiary/aromatic N) is 1. The summed E-state index contributed by atoms with van der Waals surface area (Å²) >= 11 is 0. The highest BCUT2D eigenvalue weighted by Gasteiger charge is 2.39. The Kier molecular flexibility index (Phi) is 5.30. The summed E-state index contributed by atoms with van der Waals surface area (Å²) in [6.45, 7) is 2.29. The third-order valence-corrected chi connectivity index (χ3v) is 5.69. The number of benzene rings is 3. The van der Waals surface area contributed by atoms with E-state index in [1.54, 1.807) is 30.3 Å². The number of aryl methyl sites for hydroxylation is 1. The quantitative estimate of drug-likeness (QED) is 0.575. The first-order valence-corrected chi connectivity index (χ1v) is 10.6. The summed E-state index contributed by atoms with van der Waals surface area (Å²) < 4.78 is 24.0. The van der Waals surface area contributed by atoms with Crippen LogP contribution in [0, 0.1) is 12.7 Å². The van der Waals surface area contributed by atoms with Crippen molar-refractivity contribution < 1.29 is 23.5 Å². The van der Waals surface area contributed by atoms with Gasteiger partial charge in [-0.15, -0.1) is 0 Å². The molecule has 5 rings (SSSR count). The zero-order valence-corrected chi connectivity index (χ0v) is 17.9. The first-order valence-electron chi connectivity index (χ1n) is 10.6. The molecular formula is C26H21FN2O4. The number of hydrogen-bond donors (Lipinski definition) is 1. The summed E-state index contributed by atoms with van der Waals surface area (Å²) in [6, 6.07) is 18.8. The number of fused-ring (bicyclic) bond motifs is 1. The molecule has 0 spiro atoms. The Bertz CT molecular complexity index is 1270. The van der Waals surface area contributed by atoms with Crippen molar-refractivity contribution in [2.24, 2.45) is 0 Å². The van der Waals surface area contributed by atoms with E-state index in [4.69, 9.17) is 9.47 Å². The van der Waals surface area contributed by atoms with Crippen molar-refractivity contribution >= 4 is 23.1 Å². The average molecular weight is 444 g/mol. The van der Waals surface area contributed by atoms with Crippen molar-refractivity contribution in [1.82, 2.24) is 4.90 Å². The van der Waals surface area contributed by atoms with Gasteiger partial charge in [0, 0.05) is 18.3 Å². The molecular weight excluding hydrogens is 423 g/mol. The fourth-order valence-corrected chi connectivity index (χ4v) is 3.89. The minimum atomic E-state index is -0.407. The molecule has 33 heavy (non-hydrogen) atoms. The van der Waals surface area contributed by atoms with Crippen molar-refractivity contribution in [1.29, 1.82) is 0 Å². The molecule has 0 fully saturated rings. The summed E-state index contributed by atoms with van der Waals surface area (Å²) in [6.07, 6.45) is 0.427. The van der Waals surface area contributed by atoms with E-state index in [2.05, 4.69) is 5.32 Å². The number of carbonyl (C=O) groups excluding carboxylic acids is 2. The first-order chi connectivity index (χ1) is 16.0. The zero-order valence-electron chi connectivity index (χ0n) is 17.9. The molecule has 0 atom stereocenters. The molecule has 2 heterocycles. The second-order valence-electron chi connectivity index (χ2n) is 7.95. The largest absolute Gasteiger partial charge is 0.454 e. The van der Waals surface area contributed by atoms with Crippen LogP contribution in [0.1, 0.15) is 16.7 Å². The summed E-state index contributed by atoms with van der Waals surface area (Å²) in [4.78, 5) is 27.9. The standard InChI is InChI=1S/C26H21FN2O4/c1-16-2-6-18(7-3-16)23-24(28-20-10-11-21-22(14-20)33-15-32-21)26(31)29(25(23)30)13-12-17-4-8-19(27)9-5-17/h2-11,14,28H,12-13,15H2,1H3. The Balaban J connectivity index is 1.46. The van der Waals surface area contributed by atoms with Crippen LogP contribution in [0.4, 0.5) is 10.1 Å². The maximum Gasteiger partial charge on any atom is 0.278 e. The van der Waals surface area contributed by atoms with Gasteiger partial charge in [-0.2, -0.15) is 0 Å². The third-order valence-electron chi connectivity index (χ3n) is 5.69. The van der Waals surface area contributed by atoms with E-state index in [0.717, 1.165) is 11.1 Å². The van der Waals surface area contributed by atoms with Gasteiger partial charge in [0.2, 0.25) is 6.79 Å². The lowest BCUT2D eigenvalue weighted by Gasteiger charge is -2.15. The minimum absolute atomic E-state index is 0.144. The zero-order chi connectivity index (χ0) is 22.9. The number of carbonyl (C=O) groups is 2. The van der Waals surface area contributed by atoms with Gasteiger partial charge in [-0.3, -0.25) is 14.5 Å². The van der Waals surface area contributed by atoms with E-state index in [-0.39, 0.29) is 30.8 Å². The van der Waals surface area contributed by atoms with Crippen LogP contribution >= 0.6 is 0 Å². The van der Waals surface area contributed by atoms with Gasteiger partial charge in [-0.05, 0) is 48.7 Å². The molecule has 0 aliphatic carbocycles. The van der Waals surface area contributed by atoms with Crippen LogP contribution in [-0.4, -0.2) is 30.1 Å². The van der Waals surface area contributed by atoms with Gasteiger partial charge < -0.3 is 14.8 Å². The van der Waals surface area contributed by atoms with Crippen molar-refractivity contribution in [3.63, 3.8) is 0 Å². The first kappa shape index (κ1) is 20.8. The Morgan fingerprint density at radius 3 is 2.39 bits per heavy atom. The lowest BCUT2D eigenvalue weighted by molar-refractivity contribution is -0.136. The highest BCUT2D eigenvalue weighted by Crippen LogP contribution is 2.36. The molecule has 0 bridgehead atoms. The van der Waals surface area contributed by atoms with Crippen LogP contribution in [0.3, 0.4) is 0 Å². The summed E-state index contributed by atoms with van der Waals surface area (Å²) in [5, 5.41) is 3.13. The van der Waals surface area contributed by atoms with Crippen LogP contribution < -0.4 is 14.8 Å². The van der Waals surface area contributed by atoms with Crippen molar-refractivity contribution in [3.8, 4) is 11.5 Å². The van der Waals surface area contributed by atoms with Gasteiger partial charge in [-0.1, -0.05) is 42.0 Å². The second-order valence-corrected chi connectivity index (χ2v) is 7.95. The molecule has 2 aliphatic rings. The topological polar surface area (TPSA) is 67.9 Å². The van der Waals surface area contributed by atoms with Gasteiger partial charge in [0.05, 0.1) is 5.57 Å². The van der Waals surface area contributed by atoms with E-state index in [9.17, 15) is 14.0 Å². The second kappa shape index (κ2) is 8.43. The number of amides is 2. The predicted molar refractivity (Wildman–Crippen MR) is 121 cm³/mol. The van der Waals surface area contributed by atoms with Crippen molar-refractivity contribution in [2.45, 2.75) is 13.3 Å². The van der Waals surface area contributed by atoms with Crippen LogP contribution in [0.15, 0.2) is 72.4 Å². The number of imide groups is 1. The van der Waals surface area contributed by atoms with Gasteiger partial charge in [0.25, 0.3) is 11.8 Å². The monoisotopic (exact) mass is 444 g/mol. The average Bonchev–Trinajstić information content (AvgIpc) is 3.37. The van der Waals surface area contributed by atoms with Gasteiger partial charge >= 0.3 is 0 Å². The van der Waals surface area contributed by atoms with E-state index >= 15 is 0 Å². The molecule has 0 saturated heterocycles. The number of nitrogens with one attached hydrogen (secondary N) is 1. The molecule has 2 aliphatic heterocycles.